The number of fused-ring (bicyclic) bond motifs is 1. The predicted molar refractivity (Wildman–Crippen MR) is 138 cm³/mol. The second-order valence-corrected chi connectivity index (χ2v) is 8.58. The highest BCUT2D eigenvalue weighted by atomic mass is 16.4. The molecule has 0 fully saturated rings. The van der Waals surface area contributed by atoms with Crippen molar-refractivity contribution in [2.45, 2.75) is 39.7 Å². The zero-order chi connectivity index (χ0) is 25.1. The van der Waals surface area contributed by atoms with Crippen molar-refractivity contribution < 1.29 is 15.0 Å². The van der Waals surface area contributed by atoms with Crippen LogP contribution >= 0.6 is 0 Å². The number of hydrogen-bond donors (Lipinski definition) is 3. The van der Waals surface area contributed by atoms with Gasteiger partial charge in [0.2, 0.25) is 0 Å². The molecule has 3 aromatic heterocycles. The predicted octanol–water partition coefficient (Wildman–Crippen LogP) is 6.05. The van der Waals surface area contributed by atoms with Crippen LogP contribution in [0.2, 0.25) is 0 Å². The number of aliphatic hydroxyl groups excluding tert-OH is 1. The average molecular weight is 469 g/mol. The quantitative estimate of drug-likeness (QED) is 0.215. The molecule has 0 bridgehead atoms. The summed E-state index contributed by atoms with van der Waals surface area (Å²) in [6, 6.07) is 15.2. The number of aliphatic carboxylic acids is 1. The van der Waals surface area contributed by atoms with Crippen LogP contribution in [0.5, 0.6) is 0 Å². The zero-order valence-electron chi connectivity index (χ0n) is 20.0. The third-order valence-corrected chi connectivity index (χ3v) is 6.04. The smallest absolute Gasteiger partial charge is 0.307 e. The van der Waals surface area contributed by atoms with Crippen LogP contribution in [0.15, 0.2) is 72.9 Å². The molecular weight excluding hydrogens is 440 g/mol. The van der Waals surface area contributed by atoms with E-state index in [1.54, 1.807) is 32.3 Å². The summed E-state index contributed by atoms with van der Waals surface area (Å²) in [4.78, 5) is 20.6. The molecule has 3 heterocycles. The fourth-order valence-electron chi connectivity index (χ4n) is 4.57. The number of aliphatic hydroxyl groups is 1. The van der Waals surface area contributed by atoms with Crippen LogP contribution in [0.4, 0.5) is 0 Å². The summed E-state index contributed by atoms with van der Waals surface area (Å²) in [5.41, 5.74) is 6.35. The molecule has 0 radical (unpaired) electrons. The normalized spacial score (nSPS) is 12.9. The highest BCUT2D eigenvalue weighted by Gasteiger charge is 2.21. The van der Waals surface area contributed by atoms with E-state index in [4.69, 9.17) is 10.4 Å². The lowest BCUT2D eigenvalue weighted by atomic mass is 10.0. The number of allylic oxidation sites excluding steroid dienone is 2. The van der Waals surface area contributed by atoms with Crippen LogP contribution in [-0.2, 0) is 11.2 Å². The lowest BCUT2D eigenvalue weighted by Crippen LogP contribution is -2.10. The molecule has 0 saturated heterocycles. The summed E-state index contributed by atoms with van der Waals surface area (Å²) >= 11 is 0. The monoisotopic (exact) mass is 468 g/mol. The number of benzene rings is 1. The van der Waals surface area contributed by atoms with E-state index in [0.717, 1.165) is 34.3 Å². The maximum Gasteiger partial charge on any atom is 0.307 e. The van der Waals surface area contributed by atoms with Crippen molar-refractivity contribution in [3.05, 3.63) is 89.7 Å². The molecular formula is C28H28N4O3. The fraction of sp³-hybridized carbons (Fsp3) is 0.214. The van der Waals surface area contributed by atoms with Crippen LogP contribution in [0, 0.1) is 5.41 Å². The van der Waals surface area contributed by atoms with Crippen molar-refractivity contribution in [1.29, 1.82) is 5.41 Å². The molecule has 1 atom stereocenters. The highest BCUT2D eigenvalue weighted by Crippen LogP contribution is 2.36. The average Bonchev–Trinajstić information content (AvgIpc) is 3.18. The van der Waals surface area contributed by atoms with Gasteiger partial charge in [0.1, 0.15) is 0 Å². The molecule has 4 aromatic rings. The van der Waals surface area contributed by atoms with E-state index in [0.29, 0.717) is 16.7 Å². The van der Waals surface area contributed by atoms with Crippen LogP contribution in [-0.4, -0.2) is 36.4 Å². The molecule has 7 nitrogen and oxygen atoms in total. The summed E-state index contributed by atoms with van der Waals surface area (Å²) in [7, 11) is 0. The second kappa shape index (κ2) is 9.93. The van der Waals surface area contributed by atoms with E-state index in [1.807, 2.05) is 48.7 Å². The molecule has 0 aliphatic carbocycles. The summed E-state index contributed by atoms with van der Waals surface area (Å²) in [6.07, 6.45) is 6.22. The van der Waals surface area contributed by atoms with Crippen molar-refractivity contribution in [1.82, 2.24) is 14.5 Å². The molecule has 7 heteroatoms. The first kappa shape index (κ1) is 23.9. The zero-order valence-corrected chi connectivity index (χ0v) is 20.0. The van der Waals surface area contributed by atoms with Crippen molar-refractivity contribution in [3.8, 4) is 11.1 Å². The minimum atomic E-state index is -0.880. The van der Waals surface area contributed by atoms with Gasteiger partial charge in [-0.1, -0.05) is 37.3 Å². The first-order chi connectivity index (χ1) is 16.8. The van der Waals surface area contributed by atoms with Gasteiger partial charge in [-0.25, -0.2) is 0 Å². The molecule has 178 valence electrons. The SMILES string of the molecule is CC[C@@H](c1ccccn1)n1cc(-c2cccc(CC(=O)O)c2)c2ncc(/C(C(C)=N)=C(\C)O)cc21. The minimum Gasteiger partial charge on any atom is -0.512 e. The summed E-state index contributed by atoms with van der Waals surface area (Å²) in [5.74, 6) is -0.815. The van der Waals surface area contributed by atoms with Gasteiger partial charge in [0.05, 0.1) is 34.9 Å². The Morgan fingerprint density at radius 3 is 2.51 bits per heavy atom. The number of carbonyl (C=O) groups is 1. The van der Waals surface area contributed by atoms with Gasteiger partial charge < -0.3 is 20.2 Å². The summed E-state index contributed by atoms with van der Waals surface area (Å²) in [6.45, 7) is 5.31. The Hall–Kier alpha value is -4.26. The second-order valence-electron chi connectivity index (χ2n) is 8.58. The maximum absolute atomic E-state index is 11.3. The van der Waals surface area contributed by atoms with Gasteiger partial charge >= 0.3 is 5.97 Å². The molecule has 35 heavy (non-hydrogen) atoms. The largest absolute Gasteiger partial charge is 0.512 e. The molecule has 0 saturated carbocycles. The van der Waals surface area contributed by atoms with Crippen molar-refractivity contribution in [3.63, 3.8) is 0 Å². The minimum absolute atomic E-state index is 0.0574. The number of carboxylic acids is 1. The molecule has 4 rings (SSSR count). The molecule has 0 amide bonds. The van der Waals surface area contributed by atoms with Crippen LogP contribution in [0.3, 0.4) is 0 Å². The van der Waals surface area contributed by atoms with E-state index in [9.17, 15) is 15.0 Å². The Morgan fingerprint density at radius 2 is 1.89 bits per heavy atom. The third-order valence-electron chi connectivity index (χ3n) is 6.04. The van der Waals surface area contributed by atoms with Gasteiger partial charge in [-0.15, -0.1) is 0 Å². The number of pyridine rings is 2. The van der Waals surface area contributed by atoms with Gasteiger partial charge in [-0.2, -0.15) is 0 Å². The Balaban J connectivity index is 1.98. The Bertz CT molecular complexity index is 1430. The summed E-state index contributed by atoms with van der Waals surface area (Å²) < 4.78 is 2.14. The van der Waals surface area contributed by atoms with Gasteiger partial charge in [0.25, 0.3) is 0 Å². The number of hydrogen-bond acceptors (Lipinski definition) is 5. The molecule has 0 unspecified atom stereocenters. The third kappa shape index (κ3) is 4.84. The molecule has 0 aliphatic rings. The van der Waals surface area contributed by atoms with E-state index in [1.165, 1.54) is 0 Å². The van der Waals surface area contributed by atoms with Gasteiger partial charge in [0.15, 0.2) is 0 Å². The number of aromatic nitrogens is 3. The Kier molecular flexibility index (Phi) is 6.78. The fourth-order valence-corrected chi connectivity index (χ4v) is 4.57. The molecule has 1 aromatic carbocycles. The maximum atomic E-state index is 11.3. The first-order valence-corrected chi connectivity index (χ1v) is 11.5. The lowest BCUT2D eigenvalue weighted by Gasteiger charge is -2.18. The van der Waals surface area contributed by atoms with E-state index in [2.05, 4.69) is 16.5 Å². The van der Waals surface area contributed by atoms with E-state index in [-0.39, 0.29) is 23.9 Å². The van der Waals surface area contributed by atoms with Crippen LogP contribution in [0.25, 0.3) is 27.7 Å². The Morgan fingerprint density at radius 1 is 1.09 bits per heavy atom. The van der Waals surface area contributed by atoms with Crippen molar-refractivity contribution >= 4 is 28.3 Å². The number of nitrogens with one attached hydrogen (secondary N) is 1. The lowest BCUT2D eigenvalue weighted by molar-refractivity contribution is -0.136. The van der Waals surface area contributed by atoms with Crippen molar-refractivity contribution in [2.75, 3.05) is 0 Å². The topological polar surface area (TPSA) is 112 Å². The van der Waals surface area contributed by atoms with E-state index < -0.39 is 5.97 Å². The molecule has 0 aliphatic heterocycles. The number of nitrogens with zero attached hydrogens (tertiary/aromatic N) is 3. The van der Waals surface area contributed by atoms with Gasteiger partial charge in [-0.3, -0.25) is 14.8 Å². The standard InChI is InChI=1S/C28H28N4O3/c1-4-24(23-10-5-6-11-30-23)32-16-22(20-9-7-8-19(12-20)13-26(34)35)28-25(32)14-21(15-31-28)27(17(2)29)18(3)33/h5-12,14-16,24,29,33H,4,13H2,1-3H3,(H,34,35)/b27-18+,29-17?/t24-/m0/s1. The van der Waals surface area contributed by atoms with Gasteiger partial charge in [0, 0.05) is 41.0 Å². The van der Waals surface area contributed by atoms with Crippen molar-refractivity contribution in [2.24, 2.45) is 0 Å². The first-order valence-electron chi connectivity index (χ1n) is 11.5. The molecule has 3 N–H and O–H groups in total. The summed E-state index contributed by atoms with van der Waals surface area (Å²) in [5, 5.41) is 27.6. The van der Waals surface area contributed by atoms with Crippen LogP contribution in [0.1, 0.15) is 50.1 Å². The Labute approximate surface area is 203 Å². The van der Waals surface area contributed by atoms with E-state index >= 15 is 0 Å². The number of rotatable bonds is 8. The van der Waals surface area contributed by atoms with Gasteiger partial charge in [-0.05, 0) is 49.6 Å². The molecule has 0 spiro atoms. The highest BCUT2D eigenvalue weighted by molar-refractivity contribution is 6.22. The van der Waals surface area contributed by atoms with Crippen LogP contribution < -0.4 is 0 Å². The number of carboxylic acid groups (broad SMARTS) is 1.